The van der Waals surface area contributed by atoms with Crippen molar-refractivity contribution in [3.63, 3.8) is 0 Å². The second kappa shape index (κ2) is 4.00. The fourth-order valence-corrected chi connectivity index (χ4v) is 1.23. The van der Waals surface area contributed by atoms with Gasteiger partial charge in [0, 0.05) is 0 Å². The third-order valence-electron chi connectivity index (χ3n) is 2.56. The minimum atomic E-state index is 0.565. The first-order chi connectivity index (χ1) is 4.52. The van der Waals surface area contributed by atoms with E-state index in [1.54, 1.807) is 0 Å². The van der Waals surface area contributed by atoms with E-state index in [1.165, 1.54) is 19.3 Å². The first-order valence-electron chi connectivity index (χ1n) is 4.52. The topological polar surface area (TPSA) is 0 Å². The maximum absolute atomic E-state index is 2.36. The average Bonchev–Trinajstić information content (AvgIpc) is 1.87. The van der Waals surface area contributed by atoms with Gasteiger partial charge in [0.05, 0.1) is 0 Å². The van der Waals surface area contributed by atoms with Gasteiger partial charge in [0.15, 0.2) is 0 Å². The molecule has 0 aliphatic heterocycles. The Balaban J connectivity index is 3.64. The van der Waals surface area contributed by atoms with Crippen LogP contribution in [-0.2, 0) is 0 Å². The van der Waals surface area contributed by atoms with E-state index >= 15 is 0 Å². The van der Waals surface area contributed by atoms with Crippen LogP contribution in [0.3, 0.4) is 0 Å². The Morgan fingerprint density at radius 2 is 1.70 bits per heavy atom. The molecule has 0 radical (unpaired) electrons. The first kappa shape index (κ1) is 10.0. The average molecular weight is 142 g/mol. The zero-order valence-electron chi connectivity index (χ0n) is 8.20. The molecule has 0 N–H and O–H groups in total. The summed E-state index contributed by atoms with van der Waals surface area (Å²) in [6.45, 7) is 11.6. The van der Waals surface area contributed by atoms with Crippen molar-refractivity contribution in [3.8, 4) is 0 Å². The van der Waals surface area contributed by atoms with E-state index in [0.29, 0.717) is 5.41 Å². The Labute approximate surface area is 66.0 Å². The summed E-state index contributed by atoms with van der Waals surface area (Å²) < 4.78 is 0. The minimum Gasteiger partial charge on any atom is -0.0651 e. The lowest BCUT2D eigenvalue weighted by atomic mass is 9.80. The Bertz CT molecular complexity index is 82.0. The van der Waals surface area contributed by atoms with Gasteiger partial charge in [-0.3, -0.25) is 0 Å². The molecule has 0 heteroatoms. The van der Waals surface area contributed by atoms with Crippen LogP contribution in [0.4, 0.5) is 0 Å². The Morgan fingerprint density at radius 3 is 2.00 bits per heavy atom. The van der Waals surface area contributed by atoms with Crippen molar-refractivity contribution in [2.45, 2.75) is 53.9 Å². The molecule has 0 aromatic carbocycles. The Kier molecular flexibility index (Phi) is 4.00. The molecule has 0 heterocycles. The predicted molar refractivity (Wildman–Crippen MR) is 48.1 cm³/mol. The lowest BCUT2D eigenvalue weighted by Crippen LogP contribution is -2.13. The van der Waals surface area contributed by atoms with Crippen molar-refractivity contribution in [1.29, 1.82) is 0 Å². The summed E-state index contributed by atoms with van der Waals surface area (Å²) in [5.74, 6) is 0.898. The normalized spacial score (nSPS) is 15.3. The number of hydrogen-bond acceptors (Lipinski definition) is 0. The van der Waals surface area contributed by atoms with Crippen LogP contribution in [0.15, 0.2) is 0 Å². The van der Waals surface area contributed by atoms with Crippen molar-refractivity contribution in [2.24, 2.45) is 11.3 Å². The van der Waals surface area contributed by atoms with E-state index in [2.05, 4.69) is 34.6 Å². The standard InChI is InChI=1S/C10H22/c1-6-9(3)8-10(4,5)7-2/h9H,6-8H2,1-5H3/t9-/m1/s1. The zero-order valence-corrected chi connectivity index (χ0v) is 8.20. The SMILES string of the molecule is CC[C@@H](C)CC(C)(C)CC. The van der Waals surface area contributed by atoms with Crippen LogP contribution >= 0.6 is 0 Å². The predicted octanol–water partition coefficient (Wildman–Crippen LogP) is 3.86. The lowest BCUT2D eigenvalue weighted by molar-refractivity contribution is 0.263. The summed E-state index contributed by atoms with van der Waals surface area (Å²) in [5, 5.41) is 0. The van der Waals surface area contributed by atoms with Gasteiger partial charge >= 0.3 is 0 Å². The van der Waals surface area contributed by atoms with Gasteiger partial charge in [-0.05, 0) is 17.8 Å². The molecule has 0 aliphatic carbocycles. The van der Waals surface area contributed by atoms with Gasteiger partial charge in [0.2, 0.25) is 0 Å². The maximum Gasteiger partial charge on any atom is -0.0354 e. The summed E-state index contributed by atoms with van der Waals surface area (Å²) in [7, 11) is 0. The van der Waals surface area contributed by atoms with Gasteiger partial charge in [-0.2, -0.15) is 0 Å². The van der Waals surface area contributed by atoms with E-state index in [0.717, 1.165) is 5.92 Å². The quantitative estimate of drug-likeness (QED) is 0.559. The lowest BCUT2D eigenvalue weighted by Gasteiger charge is -2.25. The molecule has 0 spiro atoms. The minimum absolute atomic E-state index is 0.565. The zero-order chi connectivity index (χ0) is 8.20. The molecule has 0 bridgehead atoms. The van der Waals surface area contributed by atoms with Crippen LogP contribution in [-0.4, -0.2) is 0 Å². The van der Waals surface area contributed by atoms with Crippen molar-refractivity contribution in [1.82, 2.24) is 0 Å². The van der Waals surface area contributed by atoms with Gasteiger partial charge in [-0.1, -0.05) is 47.5 Å². The molecular formula is C10H22. The molecule has 0 rings (SSSR count). The molecule has 10 heavy (non-hydrogen) atoms. The second-order valence-electron chi connectivity index (χ2n) is 4.24. The van der Waals surface area contributed by atoms with Crippen molar-refractivity contribution in [3.05, 3.63) is 0 Å². The summed E-state index contributed by atoms with van der Waals surface area (Å²) in [6, 6.07) is 0. The number of hydrogen-bond donors (Lipinski definition) is 0. The van der Waals surface area contributed by atoms with Gasteiger partial charge in [0.1, 0.15) is 0 Å². The van der Waals surface area contributed by atoms with Crippen LogP contribution in [0.25, 0.3) is 0 Å². The van der Waals surface area contributed by atoms with Gasteiger partial charge in [-0.15, -0.1) is 0 Å². The molecule has 0 saturated heterocycles. The van der Waals surface area contributed by atoms with Gasteiger partial charge < -0.3 is 0 Å². The highest BCUT2D eigenvalue weighted by Crippen LogP contribution is 2.29. The summed E-state index contributed by atoms with van der Waals surface area (Å²) in [6.07, 6.45) is 4.00. The van der Waals surface area contributed by atoms with Crippen LogP contribution in [0, 0.1) is 11.3 Å². The van der Waals surface area contributed by atoms with E-state index < -0.39 is 0 Å². The molecule has 0 aromatic heterocycles. The highest BCUT2D eigenvalue weighted by molar-refractivity contribution is 4.68. The monoisotopic (exact) mass is 142 g/mol. The van der Waals surface area contributed by atoms with E-state index in [-0.39, 0.29) is 0 Å². The summed E-state index contributed by atoms with van der Waals surface area (Å²) >= 11 is 0. The molecule has 0 fully saturated rings. The van der Waals surface area contributed by atoms with Crippen LogP contribution < -0.4 is 0 Å². The van der Waals surface area contributed by atoms with E-state index in [4.69, 9.17) is 0 Å². The fraction of sp³-hybridized carbons (Fsp3) is 1.00. The highest BCUT2D eigenvalue weighted by Gasteiger charge is 2.17. The van der Waals surface area contributed by atoms with Crippen LogP contribution in [0.1, 0.15) is 53.9 Å². The molecule has 1 atom stereocenters. The molecule has 0 saturated carbocycles. The van der Waals surface area contributed by atoms with Crippen molar-refractivity contribution < 1.29 is 0 Å². The first-order valence-corrected chi connectivity index (χ1v) is 4.52. The molecule has 0 aromatic rings. The van der Waals surface area contributed by atoms with Crippen LogP contribution in [0.5, 0.6) is 0 Å². The molecule has 0 unspecified atom stereocenters. The number of rotatable bonds is 4. The van der Waals surface area contributed by atoms with Crippen LogP contribution in [0.2, 0.25) is 0 Å². The largest absolute Gasteiger partial charge is 0.0651 e. The van der Waals surface area contributed by atoms with E-state index in [1.807, 2.05) is 0 Å². The highest BCUT2D eigenvalue weighted by atomic mass is 14.2. The summed E-state index contributed by atoms with van der Waals surface area (Å²) in [5.41, 5.74) is 0.565. The molecule has 0 amide bonds. The third-order valence-corrected chi connectivity index (χ3v) is 2.56. The molecule has 0 nitrogen and oxygen atoms in total. The van der Waals surface area contributed by atoms with Gasteiger partial charge in [-0.25, -0.2) is 0 Å². The molecular weight excluding hydrogens is 120 g/mol. The van der Waals surface area contributed by atoms with E-state index in [9.17, 15) is 0 Å². The Hall–Kier alpha value is 0. The van der Waals surface area contributed by atoms with Crippen molar-refractivity contribution >= 4 is 0 Å². The smallest absolute Gasteiger partial charge is 0.0354 e. The molecule has 0 aliphatic rings. The molecule has 62 valence electrons. The third kappa shape index (κ3) is 3.92. The maximum atomic E-state index is 2.36. The second-order valence-corrected chi connectivity index (χ2v) is 4.24. The van der Waals surface area contributed by atoms with Gasteiger partial charge in [0.25, 0.3) is 0 Å². The van der Waals surface area contributed by atoms with Crippen molar-refractivity contribution in [2.75, 3.05) is 0 Å². The fourth-order valence-electron chi connectivity index (χ4n) is 1.23. The summed E-state index contributed by atoms with van der Waals surface area (Å²) in [4.78, 5) is 0. The Morgan fingerprint density at radius 1 is 1.20 bits per heavy atom.